The van der Waals surface area contributed by atoms with Crippen LogP contribution in [0.4, 0.5) is 17.1 Å². The number of benzene rings is 2. The molecule has 2 N–H and O–H groups in total. The van der Waals surface area contributed by atoms with Crippen molar-refractivity contribution in [1.82, 2.24) is 0 Å². The summed E-state index contributed by atoms with van der Waals surface area (Å²) < 4.78 is 0. The van der Waals surface area contributed by atoms with E-state index in [9.17, 15) is 15.2 Å². The molecule has 0 aromatic heterocycles. The molecule has 0 saturated heterocycles. The Morgan fingerprint density at radius 1 is 1.00 bits per heavy atom. The van der Waals surface area contributed by atoms with Crippen molar-refractivity contribution in [1.29, 1.82) is 0 Å². The second kappa shape index (κ2) is 5.13. The third-order valence-electron chi connectivity index (χ3n) is 2.29. The van der Waals surface area contributed by atoms with Crippen LogP contribution in [0.25, 0.3) is 0 Å². The zero-order chi connectivity index (χ0) is 13.8. The molecule has 2 aromatic carbocycles. The van der Waals surface area contributed by atoms with E-state index in [0.717, 1.165) is 6.07 Å². The van der Waals surface area contributed by atoms with Crippen LogP contribution in [0.15, 0.2) is 52.7 Å². The highest BCUT2D eigenvalue weighted by Crippen LogP contribution is 2.31. The third kappa shape index (κ3) is 3.03. The van der Waals surface area contributed by atoms with Gasteiger partial charge in [0.2, 0.25) is 0 Å². The van der Waals surface area contributed by atoms with E-state index in [1.165, 1.54) is 36.4 Å². The molecule has 0 spiro atoms. The van der Waals surface area contributed by atoms with Gasteiger partial charge in [-0.25, -0.2) is 0 Å². The van der Waals surface area contributed by atoms with Gasteiger partial charge >= 0.3 is 0 Å². The lowest BCUT2D eigenvalue weighted by atomic mass is 10.3. The maximum absolute atomic E-state index is 10.5. The summed E-state index contributed by atoms with van der Waals surface area (Å²) in [6.45, 7) is 0. The van der Waals surface area contributed by atoms with Gasteiger partial charge in [0.05, 0.1) is 10.6 Å². The highest BCUT2D eigenvalue weighted by Gasteiger charge is 2.04. The highest BCUT2D eigenvalue weighted by molar-refractivity contribution is 5.54. The number of phenols is 2. The fourth-order valence-corrected chi connectivity index (χ4v) is 1.35. The van der Waals surface area contributed by atoms with Gasteiger partial charge in [-0.05, 0) is 24.3 Å². The molecule has 96 valence electrons. The van der Waals surface area contributed by atoms with Crippen LogP contribution in [-0.2, 0) is 0 Å². The Labute approximate surface area is 107 Å². The molecule has 0 atom stereocenters. The van der Waals surface area contributed by atoms with Crippen molar-refractivity contribution in [3.05, 3.63) is 52.6 Å². The second-order valence-electron chi connectivity index (χ2n) is 3.65. The molecule has 0 bridgehead atoms. The Bertz CT molecular complexity index is 638. The van der Waals surface area contributed by atoms with Gasteiger partial charge in [0, 0.05) is 18.2 Å². The minimum atomic E-state index is -0.507. The summed E-state index contributed by atoms with van der Waals surface area (Å²) in [5.41, 5.74) is 0.570. The molecule has 0 amide bonds. The molecule has 0 fully saturated rings. The molecular formula is C12H9N3O4. The smallest absolute Gasteiger partial charge is 0.269 e. The molecule has 0 aliphatic carbocycles. The zero-order valence-corrected chi connectivity index (χ0v) is 9.59. The number of aromatic hydroxyl groups is 2. The van der Waals surface area contributed by atoms with Crippen LogP contribution >= 0.6 is 0 Å². The van der Waals surface area contributed by atoms with Crippen molar-refractivity contribution in [3.8, 4) is 11.5 Å². The topological polar surface area (TPSA) is 108 Å². The number of hydrogen-bond acceptors (Lipinski definition) is 6. The SMILES string of the molecule is O=[N+]([O-])c1ccc(N=Nc2ccc(O)cc2O)cc1. The van der Waals surface area contributed by atoms with Crippen LogP contribution in [-0.4, -0.2) is 15.1 Å². The van der Waals surface area contributed by atoms with Gasteiger partial charge in [0.15, 0.2) is 0 Å². The fourth-order valence-electron chi connectivity index (χ4n) is 1.35. The number of nitro groups is 1. The van der Waals surface area contributed by atoms with E-state index in [2.05, 4.69) is 10.2 Å². The van der Waals surface area contributed by atoms with E-state index >= 15 is 0 Å². The first-order valence-electron chi connectivity index (χ1n) is 5.24. The Morgan fingerprint density at radius 2 is 1.68 bits per heavy atom. The molecular weight excluding hydrogens is 250 g/mol. The molecule has 7 nitrogen and oxygen atoms in total. The summed E-state index contributed by atoms with van der Waals surface area (Å²) in [6.07, 6.45) is 0. The minimum absolute atomic E-state index is 0.0357. The molecule has 0 heterocycles. The van der Waals surface area contributed by atoms with Gasteiger partial charge in [0.1, 0.15) is 17.2 Å². The maximum atomic E-state index is 10.5. The van der Waals surface area contributed by atoms with Crippen molar-refractivity contribution < 1.29 is 15.1 Å². The first kappa shape index (κ1) is 12.5. The molecule has 0 radical (unpaired) electrons. The number of azo groups is 1. The van der Waals surface area contributed by atoms with Gasteiger partial charge in [-0.1, -0.05) is 0 Å². The van der Waals surface area contributed by atoms with Crippen LogP contribution in [0.5, 0.6) is 11.5 Å². The number of hydrogen-bond donors (Lipinski definition) is 2. The van der Waals surface area contributed by atoms with Crippen LogP contribution in [0.1, 0.15) is 0 Å². The summed E-state index contributed by atoms with van der Waals surface area (Å²) >= 11 is 0. The number of non-ortho nitro benzene ring substituents is 1. The Kier molecular flexibility index (Phi) is 3.37. The van der Waals surface area contributed by atoms with E-state index < -0.39 is 4.92 Å². The maximum Gasteiger partial charge on any atom is 0.269 e. The van der Waals surface area contributed by atoms with Crippen molar-refractivity contribution >= 4 is 17.1 Å². The molecule has 2 aromatic rings. The van der Waals surface area contributed by atoms with Gasteiger partial charge in [-0.15, -0.1) is 5.11 Å². The molecule has 0 aliphatic rings. The first-order chi connectivity index (χ1) is 9.06. The second-order valence-corrected chi connectivity index (χ2v) is 3.65. The summed E-state index contributed by atoms with van der Waals surface area (Å²) in [4.78, 5) is 9.96. The normalized spacial score (nSPS) is 10.7. The third-order valence-corrected chi connectivity index (χ3v) is 2.29. The van der Waals surface area contributed by atoms with Gasteiger partial charge in [0.25, 0.3) is 5.69 Å². The summed E-state index contributed by atoms with van der Waals surface area (Å²) in [7, 11) is 0. The standard InChI is InChI=1S/C12H9N3O4/c16-10-5-6-11(12(17)7-10)14-13-8-1-3-9(4-2-8)15(18)19/h1-7,16-17H. The Balaban J connectivity index is 2.20. The van der Waals surface area contributed by atoms with Crippen LogP contribution in [0.2, 0.25) is 0 Å². The van der Waals surface area contributed by atoms with E-state index in [1.54, 1.807) is 0 Å². The highest BCUT2D eigenvalue weighted by atomic mass is 16.6. The Hall–Kier alpha value is -2.96. The van der Waals surface area contributed by atoms with E-state index in [4.69, 9.17) is 5.11 Å². The lowest BCUT2D eigenvalue weighted by Crippen LogP contribution is -1.85. The van der Waals surface area contributed by atoms with Crippen LogP contribution < -0.4 is 0 Å². The molecule has 0 aliphatic heterocycles. The quantitative estimate of drug-likeness (QED) is 0.500. The zero-order valence-electron chi connectivity index (χ0n) is 9.59. The van der Waals surface area contributed by atoms with Crippen molar-refractivity contribution in [2.24, 2.45) is 10.2 Å². The predicted octanol–water partition coefficient (Wildman–Crippen LogP) is 3.42. The number of rotatable bonds is 3. The molecule has 7 heteroatoms. The number of nitrogens with zero attached hydrogens (tertiary/aromatic N) is 3. The van der Waals surface area contributed by atoms with Crippen LogP contribution in [0.3, 0.4) is 0 Å². The average molecular weight is 259 g/mol. The largest absolute Gasteiger partial charge is 0.508 e. The summed E-state index contributed by atoms with van der Waals surface area (Å²) in [5.74, 6) is -0.280. The number of phenolic OH excluding ortho intramolecular Hbond substituents is 2. The first-order valence-corrected chi connectivity index (χ1v) is 5.24. The van der Waals surface area contributed by atoms with Crippen molar-refractivity contribution in [3.63, 3.8) is 0 Å². The molecule has 0 saturated carbocycles. The lowest BCUT2D eigenvalue weighted by molar-refractivity contribution is -0.384. The summed E-state index contributed by atoms with van der Waals surface area (Å²) in [6, 6.07) is 9.42. The molecule has 19 heavy (non-hydrogen) atoms. The van der Waals surface area contributed by atoms with Gasteiger partial charge < -0.3 is 10.2 Å². The van der Waals surface area contributed by atoms with Crippen molar-refractivity contribution in [2.45, 2.75) is 0 Å². The number of nitro benzene ring substituents is 1. The summed E-state index contributed by atoms with van der Waals surface area (Å²) in [5, 5.41) is 36.7. The van der Waals surface area contributed by atoms with Crippen molar-refractivity contribution in [2.75, 3.05) is 0 Å². The molecule has 0 unspecified atom stereocenters. The monoisotopic (exact) mass is 259 g/mol. The predicted molar refractivity (Wildman–Crippen MR) is 67.0 cm³/mol. The van der Waals surface area contributed by atoms with Gasteiger partial charge in [-0.2, -0.15) is 5.11 Å². The molecule has 2 rings (SSSR count). The minimum Gasteiger partial charge on any atom is -0.508 e. The van der Waals surface area contributed by atoms with E-state index in [1.807, 2.05) is 0 Å². The fraction of sp³-hybridized carbons (Fsp3) is 0. The van der Waals surface area contributed by atoms with Gasteiger partial charge in [-0.3, -0.25) is 10.1 Å². The Morgan fingerprint density at radius 3 is 2.26 bits per heavy atom. The van der Waals surface area contributed by atoms with E-state index in [-0.39, 0.29) is 22.9 Å². The van der Waals surface area contributed by atoms with E-state index in [0.29, 0.717) is 5.69 Å². The lowest BCUT2D eigenvalue weighted by Gasteiger charge is -1.98. The van der Waals surface area contributed by atoms with Crippen LogP contribution in [0, 0.1) is 10.1 Å². The average Bonchev–Trinajstić information content (AvgIpc) is 2.38.